The predicted octanol–water partition coefficient (Wildman–Crippen LogP) is 2.61. The van der Waals surface area contributed by atoms with Gasteiger partial charge in [0.1, 0.15) is 0 Å². The van der Waals surface area contributed by atoms with Crippen LogP contribution in [0.3, 0.4) is 0 Å². The lowest BCUT2D eigenvalue weighted by Crippen LogP contribution is -2.43. The lowest BCUT2D eigenvalue weighted by molar-refractivity contribution is -0.135. The van der Waals surface area contributed by atoms with E-state index in [1.807, 2.05) is 36.1 Å². The second-order valence-corrected chi connectivity index (χ2v) is 6.65. The van der Waals surface area contributed by atoms with Crippen molar-refractivity contribution in [1.29, 1.82) is 0 Å². The molecule has 1 fully saturated rings. The summed E-state index contributed by atoms with van der Waals surface area (Å²) >= 11 is 0. The third-order valence-corrected chi connectivity index (χ3v) is 4.95. The van der Waals surface area contributed by atoms with Gasteiger partial charge in [-0.2, -0.15) is 0 Å². The Morgan fingerprint density at radius 2 is 2.21 bits per heavy atom. The van der Waals surface area contributed by atoms with Crippen LogP contribution >= 0.6 is 0 Å². The molecular weight excluding hydrogens is 304 g/mol. The van der Waals surface area contributed by atoms with Crippen molar-refractivity contribution in [2.45, 2.75) is 45.1 Å². The number of hydrogen-bond donors (Lipinski definition) is 1. The Morgan fingerprint density at radius 3 is 3.04 bits per heavy atom. The molecule has 0 radical (unpaired) electrons. The van der Waals surface area contributed by atoms with Crippen LogP contribution in [-0.4, -0.2) is 42.5 Å². The molecular formula is C19H26N2O3. The number of nitrogens with one attached hydrogen (secondary N) is 1. The van der Waals surface area contributed by atoms with Crippen molar-refractivity contribution in [2.75, 3.05) is 25.0 Å². The zero-order chi connectivity index (χ0) is 16.9. The Balaban J connectivity index is 1.52. The number of piperidine rings is 1. The number of benzene rings is 1. The molecule has 5 nitrogen and oxygen atoms in total. The Bertz CT molecular complexity index is 600. The molecule has 1 aromatic carbocycles. The number of amides is 2. The molecule has 130 valence electrons. The molecule has 0 bridgehead atoms. The van der Waals surface area contributed by atoms with Crippen LogP contribution in [-0.2, 0) is 20.7 Å². The second-order valence-electron chi connectivity index (χ2n) is 6.65. The Hall–Kier alpha value is -1.88. The fourth-order valence-electron chi connectivity index (χ4n) is 3.64. The van der Waals surface area contributed by atoms with Crippen molar-refractivity contribution < 1.29 is 14.3 Å². The molecule has 0 spiro atoms. The van der Waals surface area contributed by atoms with Crippen LogP contribution < -0.4 is 5.32 Å². The normalized spacial score (nSPS) is 23.5. The standard InChI is InChI=1S/C19H26N2O3/c1-2-24-16-7-5-11-21(13-16)18(22)10-9-15-12-14-6-3-4-8-17(14)20-19(15)23/h3-4,6,8,15-16H,2,5,7,9-13H2,1H3,(H,20,23). The molecule has 0 saturated carbocycles. The van der Waals surface area contributed by atoms with E-state index in [0.29, 0.717) is 26.0 Å². The zero-order valence-corrected chi connectivity index (χ0v) is 14.3. The third kappa shape index (κ3) is 3.96. The number of rotatable bonds is 5. The maximum atomic E-state index is 12.5. The summed E-state index contributed by atoms with van der Waals surface area (Å²) in [6.07, 6.45) is 3.94. The van der Waals surface area contributed by atoms with Crippen molar-refractivity contribution in [3.63, 3.8) is 0 Å². The summed E-state index contributed by atoms with van der Waals surface area (Å²) in [6, 6.07) is 7.88. The molecule has 1 N–H and O–H groups in total. The number of carbonyl (C=O) groups excluding carboxylic acids is 2. The average Bonchev–Trinajstić information content (AvgIpc) is 2.60. The molecule has 2 atom stereocenters. The van der Waals surface area contributed by atoms with E-state index < -0.39 is 0 Å². The van der Waals surface area contributed by atoms with Gasteiger partial charge in [-0.15, -0.1) is 0 Å². The van der Waals surface area contributed by atoms with Crippen LogP contribution in [0, 0.1) is 5.92 Å². The van der Waals surface area contributed by atoms with Crippen LogP contribution in [0.15, 0.2) is 24.3 Å². The second kappa shape index (κ2) is 7.79. The number of carbonyl (C=O) groups is 2. The largest absolute Gasteiger partial charge is 0.377 e. The first kappa shape index (κ1) is 17.0. The minimum absolute atomic E-state index is 0.0346. The lowest BCUT2D eigenvalue weighted by Gasteiger charge is -2.33. The molecule has 2 heterocycles. The van der Waals surface area contributed by atoms with Crippen molar-refractivity contribution in [3.05, 3.63) is 29.8 Å². The first-order valence-electron chi connectivity index (χ1n) is 8.95. The van der Waals surface area contributed by atoms with Gasteiger partial charge in [-0.05, 0) is 44.2 Å². The molecule has 2 amide bonds. The highest BCUT2D eigenvalue weighted by Gasteiger charge is 2.28. The van der Waals surface area contributed by atoms with Crippen molar-refractivity contribution in [1.82, 2.24) is 4.90 Å². The van der Waals surface area contributed by atoms with Crippen molar-refractivity contribution in [2.24, 2.45) is 5.92 Å². The van der Waals surface area contributed by atoms with E-state index in [-0.39, 0.29) is 23.8 Å². The summed E-state index contributed by atoms with van der Waals surface area (Å²) in [5.41, 5.74) is 2.06. The zero-order valence-electron chi connectivity index (χ0n) is 14.3. The van der Waals surface area contributed by atoms with E-state index in [4.69, 9.17) is 4.74 Å². The van der Waals surface area contributed by atoms with Crippen molar-refractivity contribution >= 4 is 17.5 Å². The monoisotopic (exact) mass is 330 g/mol. The molecule has 1 aromatic rings. The Labute approximate surface area is 143 Å². The van der Waals surface area contributed by atoms with Gasteiger partial charge in [-0.1, -0.05) is 18.2 Å². The Morgan fingerprint density at radius 1 is 1.38 bits per heavy atom. The summed E-state index contributed by atoms with van der Waals surface area (Å²) in [6.45, 7) is 4.17. The number of anilines is 1. The first-order valence-corrected chi connectivity index (χ1v) is 8.95. The highest BCUT2D eigenvalue weighted by atomic mass is 16.5. The minimum atomic E-state index is -0.115. The lowest BCUT2D eigenvalue weighted by atomic mass is 9.89. The molecule has 0 aliphatic carbocycles. The van der Waals surface area contributed by atoms with Gasteiger partial charge >= 0.3 is 0 Å². The summed E-state index contributed by atoms with van der Waals surface area (Å²) in [5.74, 6) is 0.0646. The third-order valence-electron chi connectivity index (χ3n) is 4.95. The fourth-order valence-corrected chi connectivity index (χ4v) is 3.64. The number of fused-ring (bicyclic) bond motifs is 1. The number of likely N-dealkylation sites (tertiary alicyclic amines) is 1. The van der Waals surface area contributed by atoms with Gasteiger partial charge in [0.05, 0.1) is 6.10 Å². The van der Waals surface area contributed by atoms with Crippen LogP contribution in [0.5, 0.6) is 0 Å². The Kier molecular flexibility index (Phi) is 5.51. The first-order chi connectivity index (χ1) is 11.7. The van der Waals surface area contributed by atoms with E-state index in [2.05, 4.69) is 5.32 Å². The SMILES string of the molecule is CCOC1CCCN(C(=O)CCC2Cc3ccccc3NC2=O)C1. The van der Waals surface area contributed by atoms with Gasteiger partial charge < -0.3 is 15.0 Å². The smallest absolute Gasteiger partial charge is 0.227 e. The van der Waals surface area contributed by atoms with Crippen LogP contribution in [0.4, 0.5) is 5.69 Å². The average molecular weight is 330 g/mol. The maximum absolute atomic E-state index is 12.5. The van der Waals surface area contributed by atoms with Gasteiger partial charge in [0.2, 0.25) is 11.8 Å². The summed E-state index contributed by atoms with van der Waals surface area (Å²) < 4.78 is 5.66. The fraction of sp³-hybridized carbons (Fsp3) is 0.579. The molecule has 1 saturated heterocycles. The van der Waals surface area contributed by atoms with Gasteiger partial charge in [-0.3, -0.25) is 9.59 Å². The van der Waals surface area contributed by atoms with Crippen LogP contribution in [0.1, 0.15) is 38.2 Å². The topological polar surface area (TPSA) is 58.6 Å². The molecule has 2 aliphatic rings. The minimum Gasteiger partial charge on any atom is -0.377 e. The highest BCUT2D eigenvalue weighted by molar-refractivity contribution is 5.96. The molecule has 0 aromatic heterocycles. The molecule has 24 heavy (non-hydrogen) atoms. The molecule has 2 aliphatic heterocycles. The number of hydrogen-bond acceptors (Lipinski definition) is 3. The van der Waals surface area contributed by atoms with E-state index in [9.17, 15) is 9.59 Å². The summed E-state index contributed by atoms with van der Waals surface area (Å²) in [4.78, 5) is 26.6. The van der Waals surface area contributed by atoms with Crippen LogP contribution in [0.2, 0.25) is 0 Å². The maximum Gasteiger partial charge on any atom is 0.227 e. The van der Waals surface area contributed by atoms with E-state index in [1.54, 1.807) is 0 Å². The number of ether oxygens (including phenoxy) is 1. The summed E-state index contributed by atoms with van der Waals surface area (Å²) in [7, 11) is 0. The molecule has 3 rings (SSSR count). The summed E-state index contributed by atoms with van der Waals surface area (Å²) in [5, 5.41) is 2.95. The van der Waals surface area contributed by atoms with E-state index in [1.165, 1.54) is 0 Å². The van der Waals surface area contributed by atoms with Gasteiger partial charge in [-0.25, -0.2) is 0 Å². The van der Waals surface area contributed by atoms with Gasteiger partial charge in [0.25, 0.3) is 0 Å². The van der Waals surface area contributed by atoms with Gasteiger partial charge in [0.15, 0.2) is 0 Å². The quantitative estimate of drug-likeness (QED) is 0.903. The van der Waals surface area contributed by atoms with E-state index in [0.717, 1.165) is 37.1 Å². The predicted molar refractivity (Wildman–Crippen MR) is 92.7 cm³/mol. The highest BCUT2D eigenvalue weighted by Crippen LogP contribution is 2.28. The molecule has 5 heteroatoms. The van der Waals surface area contributed by atoms with E-state index >= 15 is 0 Å². The van der Waals surface area contributed by atoms with Gasteiger partial charge in [0, 0.05) is 37.7 Å². The number of nitrogens with zero attached hydrogens (tertiary/aromatic N) is 1. The van der Waals surface area contributed by atoms with Crippen molar-refractivity contribution in [3.8, 4) is 0 Å². The molecule has 2 unspecified atom stereocenters. The number of para-hydroxylation sites is 1. The van der Waals surface area contributed by atoms with Crippen LogP contribution in [0.25, 0.3) is 0 Å².